The molecule has 4 nitrogen and oxygen atoms in total. The fourth-order valence-corrected chi connectivity index (χ4v) is 0.848. The number of carbonyl (C=O) groups excluding carboxylic acids is 1. The average molecular weight is 169 g/mol. The maximum Gasteiger partial charge on any atom is 0.154 e. The third-order valence-electron chi connectivity index (χ3n) is 1.20. The lowest BCUT2D eigenvalue weighted by atomic mass is 10.4. The molecule has 0 aliphatic carbocycles. The molecule has 58 valence electrons. The SMILES string of the molecule is NCc1ncc(C=O)c(=S)[nH]1. The first-order chi connectivity index (χ1) is 5.27. The highest BCUT2D eigenvalue weighted by atomic mass is 32.1. The molecule has 0 unspecified atom stereocenters. The number of H-pyrrole nitrogens is 1. The molecule has 1 rings (SSSR count). The van der Waals surface area contributed by atoms with Crippen molar-refractivity contribution in [3.8, 4) is 0 Å². The monoisotopic (exact) mass is 169 g/mol. The van der Waals surface area contributed by atoms with E-state index in [2.05, 4.69) is 9.97 Å². The molecule has 0 saturated carbocycles. The molecule has 0 radical (unpaired) electrons. The second kappa shape index (κ2) is 3.36. The molecule has 1 aromatic rings. The van der Waals surface area contributed by atoms with Gasteiger partial charge in [0.25, 0.3) is 0 Å². The lowest BCUT2D eigenvalue weighted by Crippen LogP contribution is -2.03. The van der Waals surface area contributed by atoms with Crippen LogP contribution in [0, 0.1) is 4.64 Å². The molecule has 0 fully saturated rings. The number of aromatic nitrogens is 2. The molecule has 3 N–H and O–H groups in total. The van der Waals surface area contributed by atoms with Crippen LogP contribution in [0.3, 0.4) is 0 Å². The Morgan fingerprint density at radius 2 is 2.55 bits per heavy atom. The van der Waals surface area contributed by atoms with Crippen molar-refractivity contribution in [1.82, 2.24) is 9.97 Å². The van der Waals surface area contributed by atoms with Crippen LogP contribution in [-0.2, 0) is 6.54 Å². The third kappa shape index (κ3) is 1.69. The smallest absolute Gasteiger partial charge is 0.154 e. The molecule has 1 aromatic heterocycles. The van der Waals surface area contributed by atoms with Crippen LogP contribution >= 0.6 is 12.2 Å². The maximum atomic E-state index is 10.3. The van der Waals surface area contributed by atoms with Crippen molar-refractivity contribution < 1.29 is 4.79 Å². The van der Waals surface area contributed by atoms with E-state index in [1.807, 2.05) is 0 Å². The van der Waals surface area contributed by atoms with Crippen LogP contribution in [0.15, 0.2) is 6.20 Å². The standard InChI is InChI=1S/C6H7N3OS/c7-1-5-8-2-4(3-10)6(11)9-5/h2-3H,1,7H2,(H,8,9,11). The van der Waals surface area contributed by atoms with E-state index in [1.165, 1.54) is 6.20 Å². The number of rotatable bonds is 2. The molecule has 0 aromatic carbocycles. The van der Waals surface area contributed by atoms with E-state index in [9.17, 15) is 4.79 Å². The zero-order valence-electron chi connectivity index (χ0n) is 5.70. The largest absolute Gasteiger partial charge is 0.333 e. The van der Waals surface area contributed by atoms with E-state index in [0.717, 1.165) is 0 Å². The normalized spacial score (nSPS) is 9.55. The highest BCUT2D eigenvalue weighted by Crippen LogP contribution is 1.95. The Bertz CT molecular complexity index is 320. The van der Waals surface area contributed by atoms with E-state index >= 15 is 0 Å². The van der Waals surface area contributed by atoms with Crippen LogP contribution in [0.5, 0.6) is 0 Å². The molecule has 11 heavy (non-hydrogen) atoms. The Hall–Kier alpha value is -1.07. The number of nitrogens with one attached hydrogen (secondary N) is 1. The van der Waals surface area contributed by atoms with Gasteiger partial charge < -0.3 is 10.7 Å². The molecule has 0 saturated heterocycles. The van der Waals surface area contributed by atoms with E-state index in [0.29, 0.717) is 28.9 Å². The Morgan fingerprint density at radius 1 is 1.82 bits per heavy atom. The molecule has 1 heterocycles. The van der Waals surface area contributed by atoms with Gasteiger partial charge in [0.15, 0.2) is 6.29 Å². The predicted molar refractivity (Wildman–Crippen MR) is 42.7 cm³/mol. The summed E-state index contributed by atoms with van der Waals surface area (Å²) in [5.74, 6) is 0.584. The number of hydrogen-bond acceptors (Lipinski definition) is 4. The van der Waals surface area contributed by atoms with Gasteiger partial charge in [0.05, 0.1) is 12.1 Å². The van der Waals surface area contributed by atoms with Crippen LogP contribution in [-0.4, -0.2) is 16.3 Å². The zero-order chi connectivity index (χ0) is 8.27. The lowest BCUT2D eigenvalue weighted by molar-refractivity contribution is 0.112. The highest BCUT2D eigenvalue weighted by molar-refractivity contribution is 7.71. The molecule has 0 aliphatic rings. The summed E-state index contributed by atoms with van der Waals surface area (Å²) in [7, 11) is 0. The number of aldehydes is 1. The van der Waals surface area contributed by atoms with Crippen molar-refractivity contribution in [2.45, 2.75) is 6.54 Å². The second-order valence-electron chi connectivity index (χ2n) is 1.94. The molecule has 5 heteroatoms. The van der Waals surface area contributed by atoms with Crippen LogP contribution in [0.4, 0.5) is 0 Å². The second-order valence-corrected chi connectivity index (χ2v) is 2.34. The molecule has 0 spiro atoms. The van der Waals surface area contributed by atoms with Crippen molar-refractivity contribution >= 4 is 18.5 Å². The minimum Gasteiger partial charge on any atom is -0.333 e. The van der Waals surface area contributed by atoms with Crippen LogP contribution < -0.4 is 5.73 Å². The number of nitrogens with two attached hydrogens (primary N) is 1. The summed E-state index contributed by atoms with van der Waals surface area (Å²) in [5.41, 5.74) is 5.67. The first-order valence-corrected chi connectivity index (χ1v) is 3.42. The Balaban J connectivity index is 3.20. The van der Waals surface area contributed by atoms with Crippen LogP contribution in [0.25, 0.3) is 0 Å². The summed E-state index contributed by atoms with van der Waals surface area (Å²) < 4.78 is 0.385. The van der Waals surface area contributed by atoms with Crippen molar-refractivity contribution in [1.29, 1.82) is 0 Å². The van der Waals surface area contributed by atoms with Crippen molar-refractivity contribution in [3.63, 3.8) is 0 Å². The van der Waals surface area contributed by atoms with E-state index in [1.54, 1.807) is 0 Å². The number of nitrogens with zero attached hydrogens (tertiary/aromatic N) is 1. The average Bonchev–Trinajstić information content (AvgIpc) is 2.04. The van der Waals surface area contributed by atoms with Gasteiger partial charge in [-0.2, -0.15) is 0 Å². The Labute approximate surface area is 68.5 Å². The maximum absolute atomic E-state index is 10.3. The van der Waals surface area contributed by atoms with E-state index < -0.39 is 0 Å². The molecular formula is C6H7N3OS. The highest BCUT2D eigenvalue weighted by Gasteiger charge is 1.95. The number of hydrogen-bond donors (Lipinski definition) is 2. The predicted octanol–water partition coefficient (Wildman–Crippen LogP) is 0.410. The van der Waals surface area contributed by atoms with Gasteiger partial charge >= 0.3 is 0 Å². The van der Waals surface area contributed by atoms with Gasteiger partial charge in [-0.25, -0.2) is 4.98 Å². The van der Waals surface area contributed by atoms with Gasteiger partial charge in [-0.3, -0.25) is 4.79 Å². The number of carbonyl (C=O) groups is 1. The van der Waals surface area contributed by atoms with Gasteiger partial charge in [-0.15, -0.1) is 0 Å². The first-order valence-electron chi connectivity index (χ1n) is 3.01. The fourth-order valence-electron chi connectivity index (χ4n) is 0.629. The van der Waals surface area contributed by atoms with Gasteiger partial charge in [-0.1, -0.05) is 12.2 Å². The summed E-state index contributed by atoms with van der Waals surface area (Å²) in [5, 5.41) is 0. The molecule has 0 bridgehead atoms. The summed E-state index contributed by atoms with van der Waals surface area (Å²) in [6, 6.07) is 0. The minimum absolute atomic E-state index is 0.294. The third-order valence-corrected chi connectivity index (χ3v) is 1.54. The molecular weight excluding hydrogens is 162 g/mol. The summed E-state index contributed by atoms with van der Waals surface area (Å²) in [6.07, 6.45) is 2.07. The molecule has 0 atom stereocenters. The topological polar surface area (TPSA) is 71.8 Å². The van der Waals surface area contributed by atoms with Gasteiger partial charge in [0.2, 0.25) is 0 Å². The quantitative estimate of drug-likeness (QED) is 0.497. The Morgan fingerprint density at radius 3 is 3.00 bits per heavy atom. The van der Waals surface area contributed by atoms with Gasteiger partial charge in [0.1, 0.15) is 10.5 Å². The summed E-state index contributed by atoms with van der Waals surface area (Å²) in [4.78, 5) is 16.8. The van der Waals surface area contributed by atoms with Crippen LogP contribution in [0.2, 0.25) is 0 Å². The van der Waals surface area contributed by atoms with Gasteiger partial charge in [-0.05, 0) is 0 Å². The minimum atomic E-state index is 0.294. The van der Waals surface area contributed by atoms with Gasteiger partial charge in [0, 0.05) is 6.20 Å². The van der Waals surface area contributed by atoms with Crippen LogP contribution in [0.1, 0.15) is 16.2 Å². The van der Waals surface area contributed by atoms with Crippen molar-refractivity contribution in [2.75, 3.05) is 0 Å². The zero-order valence-corrected chi connectivity index (χ0v) is 6.52. The van der Waals surface area contributed by atoms with Crippen molar-refractivity contribution in [2.24, 2.45) is 5.73 Å². The first kappa shape index (κ1) is 8.03. The lowest BCUT2D eigenvalue weighted by Gasteiger charge is -1.95. The summed E-state index contributed by atoms with van der Waals surface area (Å²) >= 11 is 4.82. The Kier molecular flexibility index (Phi) is 2.45. The van der Waals surface area contributed by atoms with Crippen molar-refractivity contribution in [3.05, 3.63) is 22.2 Å². The molecule has 0 amide bonds. The van der Waals surface area contributed by atoms with E-state index in [4.69, 9.17) is 18.0 Å². The van der Waals surface area contributed by atoms with E-state index in [-0.39, 0.29) is 0 Å². The fraction of sp³-hybridized carbons (Fsp3) is 0.167. The summed E-state index contributed by atoms with van der Waals surface area (Å²) in [6.45, 7) is 0.294. The number of aromatic amines is 1. The molecule has 0 aliphatic heterocycles.